The predicted molar refractivity (Wildman–Crippen MR) is 62.4 cm³/mol. The highest BCUT2D eigenvalue weighted by Gasteiger charge is 2.09. The van der Waals surface area contributed by atoms with Crippen molar-refractivity contribution in [2.24, 2.45) is 0 Å². The number of rotatable bonds is 5. The third kappa shape index (κ3) is 4.40. The van der Waals surface area contributed by atoms with Crippen LogP contribution in [0.1, 0.15) is 19.8 Å². The molecule has 0 aliphatic rings. The second-order valence-electron chi connectivity index (χ2n) is 3.80. The summed E-state index contributed by atoms with van der Waals surface area (Å²) in [5.41, 5.74) is 0.0675. The van der Waals surface area contributed by atoms with E-state index < -0.39 is 5.82 Å². The van der Waals surface area contributed by atoms with Gasteiger partial charge in [0, 0.05) is 19.6 Å². The van der Waals surface area contributed by atoms with Crippen molar-refractivity contribution in [3.63, 3.8) is 0 Å². The molecule has 4 nitrogen and oxygen atoms in total. The molecule has 1 unspecified atom stereocenters. The highest BCUT2D eigenvalue weighted by Crippen LogP contribution is 2.19. The molecule has 94 valence electrons. The van der Waals surface area contributed by atoms with Gasteiger partial charge in [-0.3, -0.25) is 4.79 Å². The molecule has 0 bridgehead atoms. The number of anilines is 1. The topological polar surface area (TPSA) is 58.6 Å². The summed E-state index contributed by atoms with van der Waals surface area (Å²) in [5, 5.41) is 11.4. The van der Waals surface area contributed by atoms with E-state index in [1.54, 1.807) is 7.11 Å². The molecule has 2 N–H and O–H groups in total. The third-order valence-corrected chi connectivity index (χ3v) is 2.41. The third-order valence-electron chi connectivity index (χ3n) is 2.41. The summed E-state index contributed by atoms with van der Waals surface area (Å²) in [6.45, 7) is 1.86. The molecule has 1 rings (SSSR count). The van der Waals surface area contributed by atoms with E-state index in [1.165, 1.54) is 12.1 Å². The minimum absolute atomic E-state index is 0.00888. The molecule has 1 amide bonds. The maximum absolute atomic E-state index is 13.3. The second kappa shape index (κ2) is 6.20. The van der Waals surface area contributed by atoms with Gasteiger partial charge < -0.3 is 15.2 Å². The minimum Gasteiger partial charge on any atom is -0.508 e. The van der Waals surface area contributed by atoms with E-state index in [9.17, 15) is 9.18 Å². The smallest absolute Gasteiger partial charge is 0.224 e. The van der Waals surface area contributed by atoms with Crippen LogP contribution < -0.4 is 5.32 Å². The van der Waals surface area contributed by atoms with Crippen LogP contribution in [0.3, 0.4) is 0 Å². The van der Waals surface area contributed by atoms with E-state index in [4.69, 9.17) is 9.84 Å². The van der Waals surface area contributed by atoms with Gasteiger partial charge in [0.25, 0.3) is 0 Å². The zero-order chi connectivity index (χ0) is 12.8. The van der Waals surface area contributed by atoms with E-state index in [2.05, 4.69) is 5.32 Å². The van der Waals surface area contributed by atoms with Gasteiger partial charge in [-0.15, -0.1) is 0 Å². The monoisotopic (exact) mass is 241 g/mol. The number of phenolic OH excluding ortho intramolecular Hbond substituents is 1. The van der Waals surface area contributed by atoms with Crippen molar-refractivity contribution >= 4 is 11.6 Å². The lowest BCUT2D eigenvalue weighted by molar-refractivity contribution is -0.116. The first-order valence-electron chi connectivity index (χ1n) is 5.34. The summed E-state index contributed by atoms with van der Waals surface area (Å²) >= 11 is 0. The van der Waals surface area contributed by atoms with Crippen LogP contribution in [0.2, 0.25) is 0 Å². The lowest BCUT2D eigenvalue weighted by Gasteiger charge is -2.10. The summed E-state index contributed by atoms with van der Waals surface area (Å²) in [6, 6.07) is 3.59. The molecule has 0 aliphatic carbocycles. The molecule has 0 saturated carbocycles. The maximum atomic E-state index is 13.3. The van der Waals surface area contributed by atoms with Crippen LogP contribution in [0, 0.1) is 5.82 Å². The first-order chi connectivity index (χ1) is 8.02. The van der Waals surface area contributed by atoms with E-state index in [1.807, 2.05) is 6.92 Å². The Morgan fingerprint density at radius 1 is 1.59 bits per heavy atom. The molecule has 0 fully saturated rings. The number of halogens is 1. The normalized spacial score (nSPS) is 12.2. The van der Waals surface area contributed by atoms with Crippen LogP contribution >= 0.6 is 0 Å². The summed E-state index contributed by atoms with van der Waals surface area (Å²) in [6.07, 6.45) is 0.822. The van der Waals surface area contributed by atoms with Crippen LogP contribution in [0.25, 0.3) is 0 Å². The van der Waals surface area contributed by atoms with Crippen molar-refractivity contribution in [1.29, 1.82) is 0 Å². The lowest BCUT2D eigenvalue weighted by Crippen LogP contribution is -2.15. The van der Waals surface area contributed by atoms with Gasteiger partial charge in [-0.1, -0.05) is 0 Å². The number of nitrogens with one attached hydrogen (secondary N) is 1. The molecule has 5 heteroatoms. The highest BCUT2D eigenvalue weighted by molar-refractivity contribution is 5.90. The van der Waals surface area contributed by atoms with E-state index in [-0.39, 0.29) is 29.9 Å². The SMILES string of the molecule is COC(C)CCC(=O)Nc1ccc(O)cc1F. The van der Waals surface area contributed by atoms with Gasteiger partial charge in [0.1, 0.15) is 11.6 Å². The summed E-state index contributed by atoms with van der Waals surface area (Å²) in [5.74, 6) is -1.11. The average Bonchev–Trinajstić information content (AvgIpc) is 2.29. The highest BCUT2D eigenvalue weighted by atomic mass is 19.1. The fourth-order valence-electron chi connectivity index (χ4n) is 1.27. The molecule has 0 aromatic heterocycles. The van der Waals surface area contributed by atoms with Gasteiger partial charge in [-0.2, -0.15) is 0 Å². The molecule has 0 spiro atoms. The number of phenols is 1. The van der Waals surface area contributed by atoms with Gasteiger partial charge in [-0.05, 0) is 25.5 Å². The Labute approximate surface area is 99.4 Å². The number of hydrogen-bond donors (Lipinski definition) is 2. The number of amides is 1. The van der Waals surface area contributed by atoms with Crippen LogP contribution in [0.5, 0.6) is 5.75 Å². The number of carbonyl (C=O) groups is 1. The van der Waals surface area contributed by atoms with Gasteiger partial charge >= 0.3 is 0 Å². The number of methoxy groups -OCH3 is 1. The first-order valence-corrected chi connectivity index (χ1v) is 5.34. The summed E-state index contributed by atoms with van der Waals surface area (Å²) in [4.78, 5) is 11.5. The largest absolute Gasteiger partial charge is 0.508 e. The quantitative estimate of drug-likeness (QED) is 0.777. The lowest BCUT2D eigenvalue weighted by atomic mass is 10.2. The number of carbonyl (C=O) groups excluding carboxylic acids is 1. The molecule has 17 heavy (non-hydrogen) atoms. The second-order valence-corrected chi connectivity index (χ2v) is 3.80. The Morgan fingerprint density at radius 3 is 2.88 bits per heavy atom. The van der Waals surface area contributed by atoms with Crippen LogP contribution in [-0.4, -0.2) is 24.2 Å². The molecule has 1 aromatic rings. The molecule has 0 radical (unpaired) electrons. The van der Waals surface area contributed by atoms with Crippen LogP contribution in [0.4, 0.5) is 10.1 Å². The van der Waals surface area contributed by atoms with Crippen molar-refractivity contribution in [2.45, 2.75) is 25.9 Å². The maximum Gasteiger partial charge on any atom is 0.224 e. The molecule has 1 aromatic carbocycles. The van der Waals surface area contributed by atoms with Gasteiger partial charge in [0.2, 0.25) is 5.91 Å². The van der Waals surface area contributed by atoms with E-state index in [0.717, 1.165) is 6.07 Å². The Kier molecular flexibility index (Phi) is 4.90. The molecular weight excluding hydrogens is 225 g/mol. The van der Waals surface area contributed by atoms with Crippen molar-refractivity contribution in [3.8, 4) is 5.75 Å². The number of hydrogen-bond acceptors (Lipinski definition) is 3. The molecule has 0 aliphatic heterocycles. The Balaban J connectivity index is 2.50. The molecular formula is C12H16FNO3. The molecule has 1 atom stereocenters. The Bertz CT molecular complexity index is 395. The number of ether oxygens (including phenoxy) is 1. The van der Waals surface area contributed by atoms with E-state index >= 15 is 0 Å². The Hall–Kier alpha value is -1.62. The summed E-state index contributed by atoms with van der Waals surface area (Å²) in [7, 11) is 1.57. The van der Waals surface area contributed by atoms with Crippen LogP contribution in [0.15, 0.2) is 18.2 Å². The zero-order valence-corrected chi connectivity index (χ0v) is 9.87. The minimum atomic E-state index is -0.655. The van der Waals surface area contributed by atoms with Gasteiger partial charge in [-0.25, -0.2) is 4.39 Å². The fourth-order valence-corrected chi connectivity index (χ4v) is 1.27. The van der Waals surface area contributed by atoms with Crippen LogP contribution in [-0.2, 0) is 9.53 Å². The molecule has 0 heterocycles. The summed E-state index contributed by atoms with van der Waals surface area (Å²) < 4.78 is 18.3. The first kappa shape index (κ1) is 13.4. The predicted octanol–water partition coefficient (Wildman–Crippen LogP) is 2.28. The number of benzene rings is 1. The van der Waals surface area contributed by atoms with Crippen molar-refractivity contribution in [1.82, 2.24) is 0 Å². The Morgan fingerprint density at radius 2 is 2.29 bits per heavy atom. The average molecular weight is 241 g/mol. The van der Waals surface area contributed by atoms with Crippen molar-refractivity contribution in [3.05, 3.63) is 24.0 Å². The number of aromatic hydroxyl groups is 1. The van der Waals surface area contributed by atoms with Crippen molar-refractivity contribution in [2.75, 3.05) is 12.4 Å². The van der Waals surface area contributed by atoms with E-state index in [0.29, 0.717) is 6.42 Å². The van der Waals surface area contributed by atoms with Crippen molar-refractivity contribution < 1.29 is 19.0 Å². The fraction of sp³-hybridized carbons (Fsp3) is 0.417. The van der Waals surface area contributed by atoms with Gasteiger partial charge in [0.15, 0.2) is 0 Å². The van der Waals surface area contributed by atoms with Gasteiger partial charge in [0.05, 0.1) is 11.8 Å². The zero-order valence-electron chi connectivity index (χ0n) is 9.87. The standard InChI is InChI=1S/C12H16FNO3/c1-8(17-2)3-6-12(16)14-11-5-4-9(15)7-10(11)13/h4-5,7-8,15H,3,6H2,1-2H3,(H,14,16). The molecule has 0 saturated heterocycles.